The van der Waals surface area contributed by atoms with Crippen LogP contribution in [0.2, 0.25) is 0 Å². The molecule has 1 aromatic rings. The van der Waals surface area contributed by atoms with Crippen molar-refractivity contribution in [1.82, 2.24) is 13.6 Å². The number of aliphatic hydroxyl groups excluding tert-OH is 1. The van der Waals surface area contributed by atoms with Gasteiger partial charge in [-0.1, -0.05) is 0 Å². The van der Waals surface area contributed by atoms with Crippen LogP contribution in [0.1, 0.15) is 17.8 Å². The molecule has 1 unspecified atom stereocenters. The number of nitrogens with zero attached hydrogens (tertiary/aromatic N) is 3. The fourth-order valence-electron chi connectivity index (χ4n) is 1.56. The maximum atomic E-state index is 9.32. The Balaban J connectivity index is 1.95. The average molecular weight is 199 g/mol. The molecule has 4 nitrogen and oxygen atoms in total. The van der Waals surface area contributed by atoms with Crippen LogP contribution in [0.4, 0.5) is 0 Å². The van der Waals surface area contributed by atoms with Crippen LogP contribution < -0.4 is 0 Å². The van der Waals surface area contributed by atoms with Crippen molar-refractivity contribution in [3.8, 4) is 0 Å². The Morgan fingerprint density at radius 2 is 2.46 bits per heavy atom. The van der Waals surface area contributed by atoms with E-state index in [1.165, 1.54) is 11.7 Å². The van der Waals surface area contributed by atoms with E-state index in [1.54, 1.807) is 0 Å². The molecule has 1 N–H and O–H groups in total. The van der Waals surface area contributed by atoms with Crippen molar-refractivity contribution < 1.29 is 5.11 Å². The van der Waals surface area contributed by atoms with Gasteiger partial charge >= 0.3 is 0 Å². The van der Waals surface area contributed by atoms with E-state index in [0.717, 1.165) is 37.4 Å². The number of likely N-dealkylation sites (tertiary alicyclic amines) is 1. The summed E-state index contributed by atoms with van der Waals surface area (Å²) < 4.78 is 8.33. The Kier molecular flexibility index (Phi) is 2.57. The summed E-state index contributed by atoms with van der Waals surface area (Å²) >= 11 is 1.26. The summed E-state index contributed by atoms with van der Waals surface area (Å²) in [4.78, 5) is 2.22. The van der Waals surface area contributed by atoms with Gasteiger partial charge in [0.15, 0.2) is 0 Å². The van der Waals surface area contributed by atoms with Crippen molar-refractivity contribution in [2.45, 2.75) is 26.0 Å². The summed E-state index contributed by atoms with van der Waals surface area (Å²) in [5.41, 5.74) is 2.07. The highest BCUT2D eigenvalue weighted by atomic mass is 32.1. The molecule has 1 aromatic heterocycles. The molecule has 2 rings (SSSR count). The Hall–Kier alpha value is -0.520. The molecule has 0 radical (unpaired) electrons. The summed E-state index contributed by atoms with van der Waals surface area (Å²) in [6.07, 6.45) is 0.739. The van der Waals surface area contributed by atoms with Gasteiger partial charge in [0.1, 0.15) is 0 Å². The highest BCUT2D eigenvalue weighted by Gasteiger charge is 2.21. The minimum Gasteiger partial charge on any atom is -0.392 e. The monoisotopic (exact) mass is 199 g/mol. The minimum atomic E-state index is -0.146. The lowest BCUT2D eigenvalue weighted by Crippen LogP contribution is -2.22. The van der Waals surface area contributed by atoms with Gasteiger partial charge in [-0.3, -0.25) is 4.90 Å². The summed E-state index contributed by atoms with van der Waals surface area (Å²) in [6.45, 7) is 4.56. The fraction of sp³-hybridized carbons (Fsp3) is 0.750. The van der Waals surface area contributed by atoms with Crippen molar-refractivity contribution in [3.63, 3.8) is 0 Å². The third kappa shape index (κ3) is 2.04. The summed E-state index contributed by atoms with van der Waals surface area (Å²) in [7, 11) is 0. The van der Waals surface area contributed by atoms with Crippen LogP contribution in [0.3, 0.4) is 0 Å². The predicted molar refractivity (Wildman–Crippen MR) is 50.5 cm³/mol. The molecule has 0 aliphatic carbocycles. The third-order valence-corrected chi connectivity index (χ3v) is 3.02. The zero-order valence-electron chi connectivity index (χ0n) is 7.60. The lowest BCUT2D eigenvalue weighted by atomic mass is 10.3. The maximum absolute atomic E-state index is 9.32. The molecule has 13 heavy (non-hydrogen) atoms. The lowest BCUT2D eigenvalue weighted by molar-refractivity contribution is 0.174. The van der Waals surface area contributed by atoms with Crippen LogP contribution in [0.5, 0.6) is 0 Å². The molecular formula is C8H13N3OS. The van der Waals surface area contributed by atoms with Crippen LogP contribution in [0.25, 0.3) is 0 Å². The van der Waals surface area contributed by atoms with Crippen LogP contribution in [-0.4, -0.2) is 37.9 Å². The normalized spacial score (nSPS) is 24.0. The molecule has 1 atom stereocenters. The molecule has 1 aliphatic rings. The first-order valence-electron chi connectivity index (χ1n) is 4.44. The number of hydrogen-bond acceptors (Lipinski definition) is 5. The molecule has 1 aliphatic heterocycles. The predicted octanol–water partition coefficient (Wildman–Crippen LogP) is 0.413. The van der Waals surface area contributed by atoms with Crippen molar-refractivity contribution in [2.75, 3.05) is 13.1 Å². The highest BCUT2D eigenvalue weighted by Crippen LogP contribution is 2.14. The maximum Gasteiger partial charge on any atom is 0.0912 e. The van der Waals surface area contributed by atoms with E-state index in [0.29, 0.717) is 0 Å². The number of rotatable bonds is 2. The molecule has 0 spiro atoms. The van der Waals surface area contributed by atoms with Gasteiger partial charge in [0.25, 0.3) is 0 Å². The molecule has 5 heteroatoms. The Bertz CT molecular complexity index is 289. The van der Waals surface area contributed by atoms with Gasteiger partial charge in [-0.05, 0) is 13.3 Å². The second-order valence-electron chi connectivity index (χ2n) is 3.47. The smallest absolute Gasteiger partial charge is 0.0912 e. The quantitative estimate of drug-likeness (QED) is 0.749. The van der Waals surface area contributed by atoms with Crippen molar-refractivity contribution >= 4 is 11.7 Å². The molecule has 0 bridgehead atoms. The molecule has 0 amide bonds. The van der Waals surface area contributed by atoms with Crippen LogP contribution in [0, 0.1) is 6.92 Å². The van der Waals surface area contributed by atoms with E-state index in [2.05, 4.69) is 13.6 Å². The largest absolute Gasteiger partial charge is 0.392 e. The first-order valence-corrected chi connectivity index (χ1v) is 5.17. The summed E-state index contributed by atoms with van der Waals surface area (Å²) in [5, 5.41) is 9.32. The molecule has 72 valence electrons. The zero-order valence-corrected chi connectivity index (χ0v) is 8.42. The van der Waals surface area contributed by atoms with E-state index in [-0.39, 0.29) is 6.10 Å². The van der Waals surface area contributed by atoms with Gasteiger partial charge < -0.3 is 5.11 Å². The van der Waals surface area contributed by atoms with Crippen LogP contribution in [0.15, 0.2) is 0 Å². The molecular weight excluding hydrogens is 186 g/mol. The SMILES string of the molecule is Cc1nsnc1CN1CCC(O)C1. The first-order chi connectivity index (χ1) is 6.25. The third-order valence-electron chi connectivity index (χ3n) is 2.37. The average Bonchev–Trinajstić information content (AvgIpc) is 2.64. The van der Waals surface area contributed by atoms with E-state index in [9.17, 15) is 5.11 Å². The van der Waals surface area contributed by atoms with Gasteiger partial charge in [0, 0.05) is 19.6 Å². The van der Waals surface area contributed by atoms with Gasteiger partial charge in [-0.2, -0.15) is 8.75 Å². The number of aromatic nitrogens is 2. The van der Waals surface area contributed by atoms with E-state index in [4.69, 9.17) is 0 Å². The molecule has 1 fully saturated rings. The number of aliphatic hydroxyl groups is 1. The van der Waals surface area contributed by atoms with E-state index < -0.39 is 0 Å². The zero-order chi connectivity index (χ0) is 9.26. The summed E-state index contributed by atoms with van der Waals surface area (Å²) in [6, 6.07) is 0. The number of aryl methyl sites for hydroxylation is 1. The number of hydrogen-bond donors (Lipinski definition) is 1. The van der Waals surface area contributed by atoms with E-state index >= 15 is 0 Å². The lowest BCUT2D eigenvalue weighted by Gasteiger charge is -2.12. The van der Waals surface area contributed by atoms with Crippen molar-refractivity contribution in [2.24, 2.45) is 0 Å². The Morgan fingerprint density at radius 3 is 3.00 bits per heavy atom. The standard InChI is InChI=1S/C8H13N3OS/c1-6-8(10-13-9-6)5-11-3-2-7(12)4-11/h7,12H,2-5H2,1H3. The van der Waals surface area contributed by atoms with Crippen molar-refractivity contribution in [1.29, 1.82) is 0 Å². The first kappa shape index (κ1) is 9.05. The van der Waals surface area contributed by atoms with Gasteiger partial charge in [-0.15, -0.1) is 0 Å². The highest BCUT2D eigenvalue weighted by molar-refractivity contribution is 6.99. The van der Waals surface area contributed by atoms with Crippen molar-refractivity contribution in [3.05, 3.63) is 11.4 Å². The molecule has 0 aromatic carbocycles. The van der Waals surface area contributed by atoms with Crippen LogP contribution in [-0.2, 0) is 6.54 Å². The van der Waals surface area contributed by atoms with Gasteiger partial charge in [-0.25, -0.2) is 0 Å². The Labute approximate surface area is 81.5 Å². The molecule has 1 saturated heterocycles. The van der Waals surface area contributed by atoms with Gasteiger partial charge in [0.05, 0.1) is 29.2 Å². The minimum absolute atomic E-state index is 0.146. The van der Waals surface area contributed by atoms with Gasteiger partial charge in [0.2, 0.25) is 0 Å². The topological polar surface area (TPSA) is 49.2 Å². The second-order valence-corrected chi connectivity index (χ2v) is 4.00. The van der Waals surface area contributed by atoms with E-state index in [1.807, 2.05) is 6.92 Å². The summed E-state index contributed by atoms with van der Waals surface area (Å²) in [5.74, 6) is 0. The second kappa shape index (κ2) is 3.69. The number of β-amino-alcohol motifs (C(OH)–C–C–N with tert-alkyl or cyclic N) is 1. The van der Waals surface area contributed by atoms with Crippen LogP contribution >= 0.6 is 11.7 Å². The fourth-order valence-corrected chi connectivity index (χ4v) is 2.12. The molecule has 0 saturated carbocycles. The molecule has 2 heterocycles. The Morgan fingerprint density at radius 1 is 1.62 bits per heavy atom.